The van der Waals surface area contributed by atoms with E-state index < -0.39 is 5.97 Å². The molecular formula is C8H10N4O2. The molecule has 0 atom stereocenters. The van der Waals surface area contributed by atoms with Crippen LogP contribution in [-0.4, -0.2) is 21.3 Å². The van der Waals surface area contributed by atoms with Crippen molar-refractivity contribution in [1.82, 2.24) is 10.2 Å². The molecule has 0 saturated carbocycles. The fraction of sp³-hybridized carbons (Fsp3) is 0. The maximum absolute atomic E-state index is 10.6. The van der Waals surface area contributed by atoms with Crippen LogP contribution >= 0.6 is 0 Å². The molecule has 0 saturated heterocycles. The number of hydrogen-bond acceptors (Lipinski definition) is 4. The second-order valence-electron chi connectivity index (χ2n) is 2.42. The molecule has 0 aliphatic heterocycles. The van der Waals surface area contributed by atoms with Crippen LogP contribution in [0.25, 0.3) is 10.9 Å². The highest BCUT2D eigenvalue weighted by Gasteiger charge is 2.10. The quantitative estimate of drug-likeness (QED) is 0.378. The van der Waals surface area contributed by atoms with Gasteiger partial charge in [-0.05, 0) is 6.07 Å². The third-order valence-electron chi connectivity index (χ3n) is 1.67. The Morgan fingerprint density at radius 2 is 2.00 bits per heavy atom. The number of carbonyl (C=O) groups is 1. The number of hydrogen-bond donors (Lipinski definition) is 4. The lowest BCUT2D eigenvalue weighted by molar-refractivity contribution is 0.0692. The molecule has 14 heavy (non-hydrogen) atoms. The molecule has 2 aromatic rings. The average Bonchev–Trinajstić information content (AvgIpc) is 2.64. The summed E-state index contributed by atoms with van der Waals surface area (Å²) in [6.45, 7) is 0. The van der Waals surface area contributed by atoms with Crippen molar-refractivity contribution < 1.29 is 9.90 Å². The van der Waals surface area contributed by atoms with E-state index in [0.29, 0.717) is 5.39 Å². The summed E-state index contributed by atoms with van der Waals surface area (Å²) in [6.07, 6.45) is 0. The lowest BCUT2D eigenvalue weighted by Gasteiger charge is -1.87. The smallest absolute Gasteiger partial charge is 0.357 e. The minimum atomic E-state index is -1.01. The monoisotopic (exact) mass is 194 g/mol. The van der Waals surface area contributed by atoms with E-state index in [0.717, 1.165) is 5.52 Å². The molecule has 6 nitrogen and oxygen atoms in total. The second kappa shape index (κ2) is 4.35. The first-order chi connectivity index (χ1) is 6.79. The number of carboxylic acid groups (broad SMARTS) is 1. The summed E-state index contributed by atoms with van der Waals surface area (Å²) in [5.74, 6) is 6.99. The number of hydrazine groups is 1. The summed E-state index contributed by atoms with van der Waals surface area (Å²) in [7, 11) is 0. The molecule has 74 valence electrons. The first-order valence-electron chi connectivity index (χ1n) is 3.79. The van der Waals surface area contributed by atoms with E-state index in [1.807, 2.05) is 6.07 Å². The molecule has 1 aromatic carbocycles. The maximum atomic E-state index is 10.6. The first kappa shape index (κ1) is 10.2. The van der Waals surface area contributed by atoms with Gasteiger partial charge in [0, 0.05) is 5.39 Å². The fourth-order valence-corrected chi connectivity index (χ4v) is 1.13. The van der Waals surface area contributed by atoms with Crippen LogP contribution in [0.15, 0.2) is 24.3 Å². The predicted octanol–water partition coefficient (Wildman–Crippen LogP) is 0.0799. The van der Waals surface area contributed by atoms with Crippen molar-refractivity contribution in [3.05, 3.63) is 30.0 Å². The summed E-state index contributed by atoms with van der Waals surface area (Å²) in [4.78, 5) is 10.6. The molecule has 0 bridgehead atoms. The average molecular weight is 194 g/mol. The molecule has 0 unspecified atom stereocenters. The van der Waals surface area contributed by atoms with Gasteiger partial charge >= 0.3 is 5.97 Å². The standard InChI is InChI=1S/C8H6N2O2.H4N2/c11-8(12)7-5-3-1-2-4-6(5)9-10-7;1-2/h1-4H,(H,9,10)(H,11,12);1-2H2. The number of benzene rings is 1. The zero-order chi connectivity index (χ0) is 10.6. The Balaban J connectivity index is 0.000000461. The van der Waals surface area contributed by atoms with Gasteiger partial charge in [0.1, 0.15) is 0 Å². The van der Waals surface area contributed by atoms with Gasteiger partial charge in [0.05, 0.1) is 5.52 Å². The van der Waals surface area contributed by atoms with E-state index in [9.17, 15) is 4.79 Å². The van der Waals surface area contributed by atoms with Crippen molar-refractivity contribution in [3.63, 3.8) is 0 Å². The van der Waals surface area contributed by atoms with E-state index in [2.05, 4.69) is 21.9 Å². The van der Waals surface area contributed by atoms with E-state index in [1.54, 1.807) is 18.2 Å². The Labute approximate surface area is 79.5 Å². The van der Waals surface area contributed by atoms with E-state index >= 15 is 0 Å². The molecule has 6 heteroatoms. The number of nitrogens with one attached hydrogen (secondary N) is 1. The zero-order valence-electron chi connectivity index (χ0n) is 7.27. The highest BCUT2D eigenvalue weighted by molar-refractivity contribution is 6.00. The molecule has 0 aliphatic carbocycles. The first-order valence-corrected chi connectivity index (χ1v) is 3.79. The molecule has 0 spiro atoms. The Morgan fingerprint density at radius 3 is 2.64 bits per heavy atom. The van der Waals surface area contributed by atoms with Crippen molar-refractivity contribution in [1.29, 1.82) is 0 Å². The van der Waals surface area contributed by atoms with Crippen LogP contribution in [0.5, 0.6) is 0 Å². The van der Waals surface area contributed by atoms with Gasteiger partial charge in [-0.1, -0.05) is 18.2 Å². The van der Waals surface area contributed by atoms with Crippen LogP contribution in [0.4, 0.5) is 0 Å². The van der Waals surface area contributed by atoms with Crippen molar-refractivity contribution >= 4 is 16.9 Å². The summed E-state index contributed by atoms with van der Waals surface area (Å²) in [6, 6.07) is 7.12. The molecular weight excluding hydrogens is 184 g/mol. The third-order valence-corrected chi connectivity index (χ3v) is 1.67. The second-order valence-corrected chi connectivity index (χ2v) is 2.42. The normalized spacial score (nSPS) is 9.29. The molecule has 0 aliphatic rings. The van der Waals surface area contributed by atoms with E-state index in [4.69, 9.17) is 5.11 Å². The summed E-state index contributed by atoms with van der Waals surface area (Å²) < 4.78 is 0. The Kier molecular flexibility index (Phi) is 3.16. The molecule has 0 fully saturated rings. The molecule has 6 N–H and O–H groups in total. The number of nitrogens with two attached hydrogens (primary N) is 2. The summed E-state index contributed by atoms with van der Waals surface area (Å²) in [5.41, 5.74) is 0.820. The summed E-state index contributed by atoms with van der Waals surface area (Å²) >= 11 is 0. The van der Waals surface area contributed by atoms with Crippen LogP contribution in [0, 0.1) is 0 Å². The molecule has 1 aromatic heterocycles. The number of aromatic carboxylic acids is 1. The van der Waals surface area contributed by atoms with E-state index in [1.165, 1.54) is 0 Å². The van der Waals surface area contributed by atoms with Crippen molar-refractivity contribution in [2.75, 3.05) is 0 Å². The Bertz CT molecular complexity index is 438. The number of aromatic nitrogens is 2. The lowest BCUT2D eigenvalue weighted by Crippen LogP contribution is -2.02. The van der Waals surface area contributed by atoms with Gasteiger partial charge in [0.25, 0.3) is 0 Å². The van der Waals surface area contributed by atoms with Crippen LogP contribution in [0.1, 0.15) is 10.5 Å². The van der Waals surface area contributed by atoms with Crippen LogP contribution in [0.2, 0.25) is 0 Å². The molecule has 2 rings (SSSR count). The van der Waals surface area contributed by atoms with E-state index in [-0.39, 0.29) is 5.69 Å². The number of fused-ring (bicyclic) bond motifs is 1. The fourth-order valence-electron chi connectivity index (χ4n) is 1.13. The predicted molar refractivity (Wildman–Crippen MR) is 51.4 cm³/mol. The van der Waals surface area contributed by atoms with Gasteiger partial charge < -0.3 is 5.11 Å². The van der Waals surface area contributed by atoms with Crippen molar-refractivity contribution in [3.8, 4) is 0 Å². The van der Waals surface area contributed by atoms with Gasteiger partial charge in [-0.3, -0.25) is 16.8 Å². The lowest BCUT2D eigenvalue weighted by atomic mass is 10.2. The van der Waals surface area contributed by atoms with Crippen molar-refractivity contribution in [2.24, 2.45) is 11.7 Å². The molecule has 0 amide bonds. The van der Waals surface area contributed by atoms with Crippen molar-refractivity contribution in [2.45, 2.75) is 0 Å². The SMILES string of the molecule is NN.O=C(O)c1n[nH]c2ccccc12. The number of para-hydroxylation sites is 1. The number of aromatic amines is 1. The number of H-pyrrole nitrogens is 1. The van der Waals surface area contributed by atoms with Gasteiger partial charge in [0.15, 0.2) is 5.69 Å². The number of carboxylic acids is 1. The zero-order valence-corrected chi connectivity index (χ0v) is 7.27. The molecule has 1 heterocycles. The highest BCUT2D eigenvalue weighted by Crippen LogP contribution is 2.14. The van der Waals surface area contributed by atoms with Crippen LogP contribution < -0.4 is 11.7 Å². The topological polar surface area (TPSA) is 118 Å². The Morgan fingerprint density at radius 1 is 1.36 bits per heavy atom. The third kappa shape index (κ3) is 1.70. The Hall–Kier alpha value is -1.92. The number of nitrogens with zero attached hydrogens (tertiary/aromatic N) is 1. The summed E-state index contributed by atoms with van der Waals surface area (Å²) in [5, 5.41) is 15.6. The minimum Gasteiger partial charge on any atom is -0.476 e. The van der Waals surface area contributed by atoms with Gasteiger partial charge in [-0.15, -0.1) is 0 Å². The highest BCUT2D eigenvalue weighted by atomic mass is 16.4. The minimum absolute atomic E-state index is 0.0746. The largest absolute Gasteiger partial charge is 0.476 e. The van der Waals surface area contributed by atoms with Gasteiger partial charge in [-0.2, -0.15) is 5.10 Å². The van der Waals surface area contributed by atoms with Crippen LogP contribution in [-0.2, 0) is 0 Å². The van der Waals surface area contributed by atoms with Gasteiger partial charge in [0.2, 0.25) is 0 Å². The van der Waals surface area contributed by atoms with Crippen LogP contribution in [0.3, 0.4) is 0 Å². The molecule has 0 radical (unpaired) electrons. The number of rotatable bonds is 1. The van der Waals surface area contributed by atoms with Gasteiger partial charge in [-0.25, -0.2) is 4.79 Å². The maximum Gasteiger partial charge on any atom is 0.357 e.